The van der Waals surface area contributed by atoms with E-state index in [0.717, 1.165) is 59.4 Å². The highest BCUT2D eigenvalue weighted by molar-refractivity contribution is 6.01. The zero-order valence-electron chi connectivity index (χ0n) is 21.4. The molecule has 0 saturated heterocycles. The second kappa shape index (κ2) is 13.4. The van der Waals surface area contributed by atoms with Gasteiger partial charge in [0.2, 0.25) is 11.8 Å². The van der Waals surface area contributed by atoms with Gasteiger partial charge in [0.1, 0.15) is 0 Å². The fraction of sp³-hybridized carbons (Fsp3) is 0.429. The minimum absolute atomic E-state index is 0.0851. The van der Waals surface area contributed by atoms with Crippen molar-refractivity contribution in [3.63, 3.8) is 0 Å². The summed E-state index contributed by atoms with van der Waals surface area (Å²) in [4.78, 5) is 24.1. The quantitative estimate of drug-likeness (QED) is 0.257. The fourth-order valence-electron chi connectivity index (χ4n) is 3.89. The van der Waals surface area contributed by atoms with Crippen LogP contribution in [0.2, 0.25) is 0 Å². The van der Waals surface area contributed by atoms with Crippen molar-refractivity contribution < 1.29 is 9.59 Å². The lowest BCUT2D eigenvalue weighted by atomic mass is 10.0. The van der Waals surface area contributed by atoms with Gasteiger partial charge in [0, 0.05) is 24.0 Å². The predicted molar refractivity (Wildman–Crippen MR) is 140 cm³/mol. The number of amides is 2. The molecule has 0 spiro atoms. The van der Waals surface area contributed by atoms with Crippen LogP contribution >= 0.6 is 0 Å². The molecule has 2 aromatic carbocycles. The van der Waals surface area contributed by atoms with Crippen LogP contribution in [0.15, 0.2) is 46.6 Å². The molecule has 0 aliphatic heterocycles. The minimum atomic E-state index is -0.0851. The van der Waals surface area contributed by atoms with Crippen LogP contribution in [0.3, 0.4) is 0 Å². The number of unbranched alkanes of at least 4 members (excludes halogenated alkanes) is 3. The Morgan fingerprint density at radius 3 is 1.38 bits per heavy atom. The summed E-state index contributed by atoms with van der Waals surface area (Å²) in [6.07, 6.45) is 4.19. The second-order valence-corrected chi connectivity index (χ2v) is 9.02. The zero-order chi connectivity index (χ0) is 25.1. The van der Waals surface area contributed by atoms with Crippen molar-refractivity contribution in [2.24, 2.45) is 10.2 Å². The van der Waals surface area contributed by atoms with E-state index in [9.17, 15) is 9.59 Å². The topological polar surface area (TPSA) is 82.9 Å². The van der Waals surface area contributed by atoms with E-state index in [0.29, 0.717) is 12.8 Å². The van der Waals surface area contributed by atoms with Crippen LogP contribution in [0.25, 0.3) is 0 Å². The lowest BCUT2D eigenvalue weighted by Crippen LogP contribution is -2.19. The van der Waals surface area contributed by atoms with Gasteiger partial charge in [-0.3, -0.25) is 9.59 Å². The van der Waals surface area contributed by atoms with Crippen LogP contribution in [-0.4, -0.2) is 23.2 Å². The van der Waals surface area contributed by atoms with Gasteiger partial charge in [-0.25, -0.2) is 10.9 Å². The molecule has 6 heteroatoms. The number of rotatable bonds is 11. The molecule has 0 aliphatic rings. The van der Waals surface area contributed by atoms with E-state index in [1.54, 1.807) is 0 Å². The molecule has 6 nitrogen and oxygen atoms in total. The Hall–Kier alpha value is -3.28. The van der Waals surface area contributed by atoms with E-state index < -0.39 is 0 Å². The molecule has 2 amide bonds. The number of carbonyl (C=O) groups excluding carboxylic acids is 2. The van der Waals surface area contributed by atoms with Crippen LogP contribution in [0.1, 0.15) is 85.8 Å². The summed E-state index contributed by atoms with van der Waals surface area (Å²) in [6.45, 7) is 12.0. The van der Waals surface area contributed by atoms with E-state index in [-0.39, 0.29) is 11.8 Å². The molecule has 34 heavy (non-hydrogen) atoms. The third-order valence-corrected chi connectivity index (χ3v) is 5.80. The molecule has 0 unspecified atom stereocenters. The SMILES string of the molecule is CC(=NNC(=O)CCCCCCC(=O)NN=C(C)c1ccc(C)cc1C)c1ccc(C)cc1C. The third kappa shape index (κ3) is 8.93. The maximum Gasteiger partial charge on any atom is 0.240 e. The van der Waals surface area contributed by atoms with Crippen LogP contribution in [0.5, 0.6) is 0 Å². The van der Waals surface area contributed by atoms with Gasteiger partial charge in [0.25, 0.3) is 0 Å². The Morgan fingerprint density at radius 1 is 0.647 bits per heavy atom. The maximum atomic E-state index is 12.1. The van der Waals surface area contributed by atoms with Crippen LogP contribution in [0, 0.1) is 27.7 Å². The Kier molecular flexibility index (Phi) is 10.7. The Bertz CT molecular complexity index is 985. The first kappa shape index (κ1) is 27.0. The first-order chi connectivity index (χ1) is 16.2. The van der Waals surface area contributed by atoms with Crippen LogP contribution in [0.4, 0.5) is 0 Å². The number of nitrogens with one attached hydrogen (secondary N) is 2. The lowest BCUT2D eigenvalue weighted by Gasteiger charge is -2.07. The van der Waals surface area contributed by atoms with Crippen LogP contribution < -0.4 is 10.9 Å². The fourth-order valence-corrected chi connectivity index (χ4v) is 3.89. The summed E-state index contributed by atoms with van der Waals surface area (Å²) in [5.41, 5.74) is 13.7. The molecule has 0 radical (unpaired) electrons. The maximum absolute atomic E-state index is 12.1. The van der Waals surface area contributed by atoms with Crippen molar-refractivity contribution >= 4 is 23.2 Å². The molecule has 0 fully saturated rings. The van der Waals surface area contributed by atoms with Gasteiger partial charge in [-0.2, -0.15) is 10.2 Å². The summed E-state index contributed by atoms with van der Waals surface area (Å²) in [7, 11) is 0. The third-order valence-electron chi connectivity index (χ3n) is 5.80. The molecular formula is C28H38N4O2. The summed E-state index contributed by atoms with van der Waals surface area (Å²) >= 11 is 0. The first-order valence-electron chi connectivity index (χ1n) is 12.0. The summed E-state index contributed by atoms with van der Waals surface area (Å²) in [5.74, 6) is -0.170. The molecule has 0 aromatic heterocycles. The number of carbonyl (C=O) groups is 2. The van der Waals surface area contributed by atoms with Gasteiger partial charge in [0.05, 0.1) is 11.4 Å². The molecule has 182 valence electrons. The van der Waals surface area contributed by atoms with Crippen LogP contribution in [-0.2, 0) is 9.59 Å². The highest BCUT2D eigenvalue weighted by Crippen LogP contribution is 2.13. The van der Waals surface area contributed by atoms with Gasteiger partial charge in [-0.15, -0.1) is 0 Å². The van der Waals surface area contributed by atoms with Crippen molar-refractivity contribution in [2.75, 3.05) is 0 Å². The summed E-state index contributed by atoms with van der Waals surface area (Å²) in [5, 5.41) is 8.48. The largest absolute Gasteiger partial charge is 0.273 e. The average molecular weight is 463 g/mol. The zero-order valence-corrected chi connectivity index (χ0v) is 21.4. The summed E-state index contributed by atoms with van der Waals surface area (Å²) < 4.78 is 0. The van der Waals surface area contributed by atoms with Crippen molar-refractivity contribution in [3.05, 3.63) is 69.8 Å². The molecular weight excluding hydrogens is 424 g/mol. The molecule has 0 heterocycles. The number of hydrogen-bond donors (Lipinski definition) is 2. The first-order valence-corrected chi connectivity index (χ1v) is 12.0. The van der Waals surface area contributed by atoms with Gasteiger partial charge in [0.15, 0.2) is 0 Å². The monoisotopic (exact) mass is 462 g/mol. The van der Waals surface area contributed by atoms with Crippen molar-refractivity contribution in [1.82, 2.24) is 10.9 Å². The molecule has 0 aliphatic carbocycles. The van der Waals surface area contributed by atoms with Gasteiger partial charge < -0.3 is 0 Å². The minimum Gasteiger partial charge on any atom is -0.273 e. The van der Waals surface area contributed by atoms with Gasteiger partial charge in [-0.05, 0) is 65.5 Å². The highest BCUT2D eigenvalue weighted by Gasteiger charge is 2.06. The normalized spacial score (nSPS) is 11.9. The molecule has 0 saturated carbocycles. The molecule has 2 N–H and O–H groups in total. The smallest absolute Gasteiger partial charge is 0.240 e. The molecule has 0 bridgehead atoms. The van der Waals surface area contributed by atoms with Gasteiger partial charge >= 0.3 is 0 Å². The van der Waals surface area contributed by atoms with Crippen molar-refractivity contribution in [3.8, 4) is 0 Å². The van der Waals surface area contributed by atoms with Crippen molar-refractivity contribution in [1.29, 1.82) is 0 Å². The van der Waals surface area contributed by atoms with E-state index in [1.165, 1.54) is 11.1 Å². The Morgan fingerprint density at radius 2 is 1.03 bits per heavy atom. The number of aryl methyl sites for hydroxylation is 4. The average Bonchev–Trinajstić information content (AvgIpc) is 2.78. The van der Waals surface area contributed by atoms with Gasteiger partial charge in [-0.1, -0.05) is 60.4 Å². The number of hydrazone groups is 2. The molecule has 2 aromatic rings. The Balaban J connectivity index is 1.62. The number of nitrogens with zero attached hydrogens (tertiary/aromatic N) is 2. The Labute approximate surface area is 203 Å². The highest BCUT2D eigenvalue weighted by atomic mass is 16.2. The van der Waals surface area contributed by atoms with E-state index in [1.807, 2.05) is 52.0 Å². The molecule has 0 atom stereocenters. The molecule has 2 rings (SSSR count). The number of hydrogen-bond acceptors (Lipinski definition) is 4. The van der Waals surface area contributed by atoms with E-state index in [2.05, 4.69) is 47.0 Å². The second-order valence-electron chi connectivity index (χ2n) is 9.02. The van der Waals surface area contributed by atoms with Crippen molar-refractivity contribution in [2.45, 2.75) is 80.1 Å². The predicted octanol–water partition coefficient (Wildman–Crippen LogP) is 5.64. The lowest BCUT2D eigenvalue weighted by molar-refractivity contribution is -0.122. The summed E-state index contributed by atoms with van der Waals surface area (Å²) in [6, 6.07) is 12.4. The standard InChI is InChI=1S/C28H38N4O2/c1-19-13-15-25(21(3)17-19)23(5)29-31-27(33)11-9-7-8-10-12-28(34)32-30-24(6)26-16-14-20(2)18-22(26)4/h13-18H,7-12H2,1-6H3,(H,31,33)(H,32,34). The van der Waals surface area contributed by atoms with E-state index in [4.69, 9.17) is 0 Å². The number of benzene rings is 2. The van der Waals surface area contributed by atoms with E-state index >= 15 is 0 Å².